The third kappa shape index (κ3) is 2.18. The number of benzene rings is 1. The molecule has 1 aromatic heterocycles. The van der Waals surface area contributed by atoms with Crippen LogP contribution in [-0.2, 0) is 23.9 Å². The van der Waals surface area contributed by atoms with E-state index in [9.17, 15) is 17.6 Å². The summed E-state index contributed by atoms with van der Waals surface area (Å²) in [7, 11) is 0. The van der Waals surface area contributed by atoms with Gasteiger partial charge in [-0.3, -0.25) is 5.10 Å². The minimum Gasteiger partial charge on any atom is -0.376 e. The largest absolute Gasteiger partial charge is 0.417 e. The van der Waals surface area contributed by atoms with Crippen LogP contribution in [0.4, 0.5) is 17.6 Å². The van der Waals surface area contributed by atoms with Crippen LogP contribution in [0.5, 0.6) is 0 Å². The van der Waals surface area contributed by atoms with E-state index in [0.29, 0.717) is 18.6 Å². The van der Waals surface area contributed by atoms with Crippen LogP contribution in [-0.4, -0.2) is 16.8 Å². The van der Waals surface area contributed by atoms with Gasteiger partial charge in [0.2, 0.25) is 0 Å². The van der Waals surface area contributed by atoms with Crippen LogP contribution in [0.3, 0.4) is 0 Å². The zero-order valence-corrected chi connectivity index (χ0v) is 10.2. The number of fused-ring (bicyclic) bond motifs is 1. The van der Waals surface area contributed by atoms with E-state index >= 15 is 0 Å². The first-order valence-corrected chi connectivity index (χ1v) is 5.98. The summed E-state index contributed by atoms with van der Waals surface area (Å²) in [5.74, 6) is -0.735. The quantitative estimate of drug-likeness (QED) is 0.817. The fraction of sp³-hybridized carbons (Fsp3) is 0.308. The van der Waals surface area contributed by atoms with E-state index in [1.165, 1.54) is 0 Å². The van der Waals surface area contributed by atoms with Crippen LogP contribution >= 0.6 is 0 Å². The van der Waals surface area contributed by atoms with Crippen molar-refractivity contribution in [2.24, 2.45) is 0 Å². The average Bonchev–Trinajstić information content (AvgIpc) is 2.80. The summed E-state index contributed by atoms with van der Waals surface area (Å²) in [4.78, 5) is 0. The molecule has 1 aliphatic rings. The van der Waals surface area contributed by atoms with Gasteiger partial charge in [0.25, 0.3) is 0 Å². The number of H-pyrrole nitrogens is 1. The molecule has 20 heavy (non-hydrogen) atoms. The van der Waals surface area contributed by atoms with Gasteiger partial charge >= 0.3 is 6.18 Å². The Morgan fingerprint density at radius 2 is 2.05 bits per heavy atom. The average molecular weight is 286 g/mol. The van der Waals surface area contributed by atoms with Crippen LogP contribution in [0.1, 0.15) is 16.8 Å². The third-order valence-electron chi connectivity index (χ3n) is 3.24. The van der Waals surface area contributed by atoms with E-state index in [0.717, 1.165) is 23.9 Å². The van der Waals surface area contributed by atoms with Crippen molar-refractivity contribution < 1.29 is 22.3 Å². The Bertz CT molecular complexity index is 648. The summed E-state index contributed by atoms with van der Waals surface area (Å²) >= 11 is 0. The molecular formula is C13H10F4N2O. The lowest BCUT2D eigenvalue weighted by molar-refractivity contribution is -0.137. The Balaban J connectivity index is 2.19. The molecule has 106 valence electrons. The maximum atomic E-state index is 13.3. The molecule has 1 aliphatic heterocycles. The van der Waals surface area contributed by atoms with Gasteiger partial charge in [0.05, 0.1) is 24.5 Å². The van der Waals surface area contributed by atoms with E-state index in [2.05, 4.69) is 10.2 Å². The Morgan fingerprint density at radius 3 is 2.80 bits per heavy atom. The second kappa shape index (κ2) is 4.59. The summed E-state index contributed by atoms with van der Waals surface area (Å²) in [6.07, 6.45) is -4.01. The van der Waals surface area contributed by atoms with Gasteiger partial charge in [0.15, 0.2) is 0 Å². The van der Waals surface area contributed by atoms with Crippen LogP contribution in [0, 0.1) is 5.82 Å². The van der Waals surface area contributed by atoms with Gasteiger partial charge in [-0.1, -0.05) is 0 Å². The number of aromatic nitrogens is 2. The Labute approximate surface area is 111 Å². The maximum Gasteiger partial charge on any atom is 0.417 e. The molecule has 3 nitrogen and oxygen atoms in total. The highest BCUT2D eigenvalue weighted by atomic mass is 19.4. The van der Waals surface area contributed by atoms with E-state index in [4.69, 9.17) is 4.74 Å². The molecule has 1 N–H and O–H groups in total. The Kier molecular flexibility index (Phi) is 3.01. The van der Waals surface area contributed by atoms with Crippen molar-refractivity contribution in [3.05, 3.63) is 40.8 Å². The summed E-state index contributed by atoms with van der Waals surface area (Å²) in [6, 6.07) is 2.38. The highest BCUT2D eigenvalue weighted by Gasteiger charge is 2.35. The molecular weight excluding hydrogens is 276 g/mol. The second-order valence-electron chi connectivity index (χ2n) is 4.52. The predicted octanol–water partition coefficient (Wildman–Crippen LogP) is 3.31. The molecule has 2 aromatic rings. The molecule has 0 amide bonds. The van der Waals surface area contributed by atoms with Gasteiger partial charge < -0.3 is 4.74 Å². The molecule has 1 aromatic carbocycles. The molecule has 7 heteroatoms. The van der Waals surface area contributed by atoms with E-state index in [-0.39, 0.29) is 17.9 Å². The fourth-order valence-electron chi connectivity index (χ4n) is 2.29. The van der Waals surface area contributed by atoms with Gasteiger partial charge in [0, 0.05) is 23.2 Å². The second-order valence-corrected chi connectivity index (χ2v) is 4.52. The van der Waals surface area contributed by atoms with E-state index < -0.39 is 17.6 Å². The Morgan fingerprint density at radius 1 is 1.25 bits per heavy atom. The van der Waals surface area contributed by atoms with E-state index in [1.807, 2.05) is 0 Å². The fourth-order valence-corrected chi connectivity index (χ4v) is 2.29. The van der Waals surface area contributed by atoms with Gasteiger partial charge in [-0.15, -0.1) is 0 Å². The number of ether oxygens (including phenoxy) is 1. The summed E-state index contributed by atoms with van der Waals surface area (Å²) in [6.45, 7) is 0.666. The number of nitrogens with one attached hydrogen (secondary N) is 1. The van der Waals surface area contributed by atoms with E-state index in [1.54, 1.807) is 0 Å². The minimum atomic E-state index is -4.57. The standard InChI is InChI=1S/C13H10F4N2O/c14-7-1-2-10(13(15,16)17)8(5-7)12-9-6-20-4-3-11(9)18-19-12/h1-2,5H,3-4,6H2,(H,18,19). The molecule has 0 bridgehead atoms. The van der Waals surface area contributed by atoms with Crippen LogP contribution in [0.2, 0.25) is 0 Å². The van der Waals surface area contributed by atoms with Gasteiger partial charge in [-0.05, 0) is 18.2 Å². The molecule has 0 atom stereocenters. The molecule has 0 spiro atoms. The third-order valence-corrected chi connectivity index (χ3v) is 3.24. The first-order chi connectivity index (χ1) is 9.47. The lowest BCUT2D eigenvalue weighted by atomic mass is 9.99. The predicted molar refractivity (Wildman–Crippen MR) is 62.3 cm³/mol. The summed E-state index contributed by atoms with van der Waals surface area (Å²) in [5.41, 5.74) is 0.238. The summed E-state index contributed by atoms with van der Waals surface area (Å²) < 4.78 is 57.6. The van der Waals surface area contributed by atoms with Crippen molar-refractivity contribution in [1.82, 2.24) is 10.2 Å². The maximum absolute atomic E-state index is 13.3. The lowest BCUT2D eigenvalue weighted by Crippen LogP contribution is -2.11. The van der Waals surface area contributed by atoms with Crippen molar-refractivity contribution in [2.45, 2.75) is 19.2 Å². The number of alkyl halides is 3. The van der Waals surface area contributed by atoms with Crippen molar-refractivity contribution in [3.63, 3.8) is 0 Å². The van der Waals surface area contributed by atoms with Gasteiger partial charge in [-0.25, -0.2) is 4.39 Å². The molecule has 0 saturated heterocycles. The normalized spacial score (nSPS) is 15.2. The van der Waals surface area contributed by atoms with Crippen LogP contribution < -0.4 is 0 Å². The minimum absolute atomic E-state index is 0.103. The molecule has 0 unspecified atom stereocenters. The van der Waals surface area contributed by atoms with Crippen molar-refractivity contribution in [3.8, 4) is 11.3 Å². The Hall–Kier alpha value is -1.89. The first kappa shape index (κ1) is 13.1. The first-order valence-electron chi connectivity index (χ1n) is 5.98. The number of aromatic amines is 1. The molecule has 0 aliphatic carbocycles. The number of halogens is 4. The molecule has 0 fully saturated rings. The van der Waals surface area contributed by atoms with Gasteiger partial charge in [0.1, 0.15) is 5.82 Å². The van der Waals surface area contributed by atoms with Crippen LogP contribution in [0.25, 0.3) is 11.3 Å². The summed E-state index contributed by atoms with van der Waals surface area (Å²) in [5, 5.41) is 6.61. The monoisotopic (exact) mass is 286 g/mol. The van der Waals surface area contributed by atoms with Crippen LogP contribution in [0.15, 0.2) is 18.2 Å². The van der Waals surface area contributed by atoms with Crippen molar-refractivity contribution >= 4 is 0 Å². The highest BCUT2D eigenvalue weighted by Crippen LogP contribution is 2.39. The molecule has 3 rings (SSSR count). The SMILES string of the molecule is Fc1ccc(C(F)(F)F)c(-c2n[nH]c3c2COCC3)c1. The van der Waals surface area contributed by atoms with Crippen molar-refractivity contribution in [2.75, 3.05) is 6.61 Å². The number of hydrogen-bond donors (Lipinski definition) is 1. The number of hydrogen-bond acceptors (Lipinski definition) is 2. The smallest absolute Gasteiger partial charge is 0.376 e. The molecule has 0 saturated carbocycles. The molecule has 2 heterocycles. The zero-order chi connectivity index (χ0) is 14.3. The lowest BCUT2D eigenvalue weighted by Gasteiger charge is -2.15. The highest BCUT2D eigenvalue weighted by molar-refractivity contribution is 5.68. The van der Waals surface area contributed by atoms with Crippen molar-refractivity contribution in [1.29, 1.82) is 0 Å². The van der Waals surface area contributed by atoms with Gasteiger partial charge in [-0.2, -0.15) is 18.3 Å². The molecule has 0 radical (unpaired) electrons. The zero-order valence-electron chi connectivity index (χ0n) is 10.2. The topological polar surface area (TPSA) is 37.9 Å². The number of rotatable bonds is 1. The number of nitrogens with zero attached hydrogens (tertiary/aromatic N) is 1.